The number of piperidine rings is 1. The number of piperazine rings is 1. The lowest BCUT2D eigenvalue weighted by Gasteiger charge is -2.48. The Morgan fingerprint density at radius 1 is 1.11 bits per heavy atom. The van der Waals surface area contributed by atoms with Gasteiger partial charge in [-0.05, 0) is 43.6 Å². The number of amides is 1. The molecule has 4 atom stereocenters. The summed E-state index contributed by atoms with van der Waals surface area (Å²) in [6.45, 7) is 5.11. The van der Waals surface area contributed by atoms with Crippen LogP contribution in [0.2, 0.25) is 0 Å². The van der Waals surface area contributed by atoms with Crippen LogP contribution < -0.4 is 25.4 Å². The highest BCUT2D eigenvalue weighted by atomic mass is 16.7. The third-order valence-electron chi connectivity index (χ3n) is 6.26. The lowest BCUT2D eigenvalue weighted by Crippen LogP contribution is -2.73. The SMILES string of the molecule is CN1CCN(C2NC(=O)C3C(NCCC3c3ccc4c(c3)OCO4)N2)CC1. The maximum atomic E-state index is 13.1. The molecule has 146 valence electrons. The number of nitrogens with zero attached hydrogens (tertiary/aromatic N) is 2. The van der Waals surface area contributed by atoms with E-state index in [0.717, 1.165) is 56.2 Å². The molecule has 4 unspecified atom stereocenters. The van der Waals surface area contributed by atoms with Crippen LogP contribution in [0.3, 0.4) is 0 Å². The van der Waals surface area contributed by atoms with Gasteiger partial charge in [0.25, 0.3) is 0 Å². The molecule has 3 saturated heterocycles. The normalized spacial score (nSPS) is 34.2. The third kappa shape index (κ3) is 3.16. The molecule has 8 nitrogen and oxygen atoms in total. The Kier molecular flexibility index (Phi) is 4.43. The summed E-state index contributed by atoms with van der Waals surface area (Å²) in [5.41, 5.74) is 1.14. The highest BCUT2D eigenvalue weighted by Crippen LogP contribution is 2.40. The van der Waals surface area contributed by atoms with E-state index in [1.807, 2.05) is 12.1 Å². The molecule has 3 fully saturated rings. The van der Waals surface area contributed by atoms with Crippen molar-refractivity contribution in [1.82, 2.24) is 25.8 Å². The van der Waals surface area contributed by atoms with Gasteiger partial charge in [0, 0.05) is 26.2 Å². The molecule has 0 radical (unpaired) electrons. The molecular formula is C19H27N5O3. The zero-order chi connectivity index (χ0) is 18.4. The summed E-state index contributed by atoms with van der Waals surface area (Å²) in [4.78, 5) is 17.7. The fourth-order valence-corrected chi connectivity index (χ4v) is 4.67. The molecule has 4 aliphatic rings. The predicted octanol–water partition coefficient (Wildman–Crippen LogP) is -0.315. The second-order valence-corrected chi connectivity index (χ2v) is 7.88. The first-order valence-corrected chi connectivity index (χ1v) is 9.81. The van der Waals surface area contributed by atoms with E-state index in [1.165, 1.54) is 0 Å². The first kappa shape index (κ1) is 17.2. The Balaban J connectivity index is 1.34. The molecule has 0 bridgehead atoms. The minimum atomic E-state index is -0.136. The minimum Gasteiger partial charge on any atom is -0.454 e. The number of benzene rings is 1. The van der Waals surface area contributed by atoms with E-state index in [0.29, 0.717) is 0 Å². The van der Waals surface area contributed by atoms with Gasteiger partial charge in [0.2, 0.25) is 12.7 Å². The molecule has 4 aliphatic heterocycles. The molecule has 0 spiro atoms. The van der Waals surface area contributed by atoms with E-state index in [4.69, 9.17) is 9.47 Å². The predicted molar refractivity (Wildman–Crippen MR) is 99.3 cm³/mol. The number of carbonyl (C=O) groups excluding carboxylic acids is 1. The van der Waals surface area contributed by atoms with Gasteiger partial charge < -0.3 is 25.0 Å². The van der Waals surface area contributed by atoms with Gasteiger partial charge in [0.1, 0.15) is 6.29 Å². The molecule has 0 saturated carbocycles. The monoisotopic (exact) mass is 373 g/mol. The van der Waals surface area contributed by atoms with Crippen molar-refractivity contribution in [3.63, 3.8) is 0 Å². The van der Waals surface area contributed by atoms with Crippen molar-refractivity contribution in [2.24, 2.45) is 5.92 Å². The summed E-state index contributed by atoms with van der Waals surface area (Å²) in [5, 5.41) is 10.4. The van der Waals surface area contributed by atoms with Gasteiger partial charge in [-0.15, -0.1) is 0 Å². The maximum Gasteiger partial charge on any atom is 0.231 e. The van der Waals surface area contributed by atoms with Gasteiger partial charge in [-0.3, -0.25) is 15.0 Å². The number of hydrogen-bond donors (Lipinski definition) is 3. The van der Waals surface area contributed by atoms with Crippen LogP contribution in [0.15, 0.2) is 18.2 Å². The smallest absolute Gasteiger partial charge is 0.231 e. The molecular weight excluding hydrogens is 346 g/mol. The Bertz CT molecular complexity index is 721. The Labute approximate surface area is 159 Å². The van der Waals surface area contributed by atoms with Gasteiger partial charge in [0.05, 0.1) is 12.1 Å². The van der Waals surface area contributed by atoms with Crippen LogP contribution in [0.5, 0.6) is 11.5 Å². The summed E-state index contributed by atoms with van der Waals surface area (Å²) >= 11 is 0. The van der Waals surface area contributed by atoms with Crippen LogP contribution in [0, 0.1) is 5.92 Å². The van der Waals surface area contributed by atoms with Gasteiger partial charge in [-0.1, -0.05) is 6.07 Å². The van der Waals surface area contributed by atoms with E-state index in [-0.39, 0.29) is 37.0 Å². The first-order valence-electron chi connectivity index (χ1n) is 9.81. The third-order valence-corrected chi connectivity index (χ3v) is 6.26. The standard InChI is InChI=1S/C19H27N5O3/c1-23-6-8-24(9-7-23)19-21-17-16(18(25)22-19)13(4-5-20-17)12-2-3-14-15(10-12)27-11-26-14/h2-3,10,13,16-17,19-21H,4-9,11H2,1H3,(H,22,25). The largest absolute Gasteiger partial charge is 0.454 e. The van der Waals surface area contributed by atoms with Crippen molar-refractivity contribution >= 4 is 5.91 Å². The van der Waals surface area contributed by atoms with Crippen molar-refractivity contribution in [3.8, 4) is 11.5 Å². The summed E-state index contributed by atoms with van der Waals surface area (Å²) < 4.78 is 11.0. The van der Waals surface area contributed by atoms with Crippen molar-refractivity contribution < 1.29 is 14.3 Å². The van der Waals surface area contributed by atoms with Crippen LogP contribution in [-0.4, -0.2) is 74.7 Å². The van der Waals surface area contributed by atoms with E-state index in [2.05, 4.69) is 38.9 Å². The first-order chi connectivity index (χ1) is 13.2. The van der Waals surface area contributed by atoms with Gasteiger partial charge in [-0.2, -0.15) is 0 Å². The van der Waals surface area contributed by atoms with Gasteiger partial charge in [0.15, 0.2) is 11.5 Å². The van der Waals surface area contributed by atoms with Gasteiger partial charge >= 0.3 is 0 Å². The Morgan fingerprint density at radius 2 is 1.93 bits per heavy atom. The number of likely N-dealkylation sites (N-methyl/N-ethyl adjacent to an activating group) is 1. The topological polar surface area (TPSA) is 78.1 Å². The highest BCUT2D eigenvalue weighted by molar-refractivity contribution is 5.81. The lowest BCUT2D eigenvalue weighted by molar-refractivity contribution is -0.136. The average molecular weight is 373 g/mol. The fraction of sp³-hybridized carbons (Fsp3) is 0.632. The van der Waals surface area contributed by atoms with Crippen molar-refractivity contribution in [2.45, 2.75) is 24.8 Å². The number of carbonyl (C=O) groups is 1. The Morgan fingerprint density at radius 3 is 2.78 bits per heavy atom. The second-order valence-electron chi connectivity index (χ2n) is 7.88. The molecule has 1 aromatic carbocycles. The average Bonchev–Trinajstić information content (AvgIpc) is 3.15. The van der Waals surface area contributed by atoms with Crippen molar-refractivity contribution in [3.05, 3.63) is 23.8 Å². The lowest BCUT2D eigenvalue weighted by atomic mass is 9.77. The van der Waals surface area contributed by atoms with Crippen molar-refractivity contribution in [2.75, 3.05) is 46.6 Å². The number of nitrogens with one attached hydrogen (secondary N) is 3. The molecule has 0 aliphatic carbocycles. The molecule has 4 heterocycles. The van der Waals surface area contributed by atoms with Crippen molar-refractivity contribution in [1.29, 1.82) is 0 Å². The molecule has 0 aromatic heterocycles. The van der Waals surface area contributed by atoms with E-state index in [9.17, 15) is 4.79 Å². The Hall–Kier alpha value is -1.87. The van der Waals surface area contributed by atoms with Crippen LogP contribution in [0.25, 0.3) is 0 Å². The van der Waals surface area contributed by atoms with E-state index >= 15 is 0 Å². The molecule has 3 N–H and O–H groups in total. The quantitative estimate of drug-likeness (QED) is 0.656. The summed E-state index contributed by atoms with van der Waals surface area (Å²) in [5.74, 6) is 1.71. The summed E-state index contributed by atoms with van der Waals surface area (Å²) in [6.07, 6.45) is 0.803. The van der Waals surface area contributed by atoms with Gasteiger partial charge in [-0.25, -0.2) is 0 Å². The molecule has 5 rings (SSSR count). The van der Waals surface area contributed by atoms with Crippen LogP contribution >= 0.6 is 0 Å². The number of ether oxygens (including phenoxy) is 2. The molecule has 8 heteroatoms. The zero-order valence-corrected chi connectivity index (χ0v) is 15.6. The number of rotatable bonds is 2. The maximum absolute atomic E-state index is 13.1. The number of hydrogen-bond acceptors (Lipinski definition) is 7. The minimum absolute atomic E-state index is 0.0208. The summed E-state index contributed by atoms with van der Waals surface area (Å²) in [7, 11) is 2.14. The number of fused-ring (bicyclic) bond motifs is 2. The van der Waals surface area contributed by atoms with Crippen LogP contribution in [0.1, 0.15) is 17.9 Å². The van der Waals surface area contributed by atoms with E-state index in [1.54, 1.807) is 0 Å². The summed E-state index contributed by atoms with van der Waals surface area (Å²) in [6, 6.07) is 6.06. The highest BCUT2D eigenvalue weighted by Gasteiger charge is 2.45. The van der Waals surface area contributed by atoms with Crippen LogP contribution in [-0.2, 0) is 4.79 Å². The fourth-order valence-electron chi connectivity index (χ4n) is 4.67. The molecule has 1 aromatic rings. The zero-order valence-electron chi connectivity index (χ0n) is 15.6. The second kappa shape index (κ2) is 6.94. The molecule has 1 amide bonds. The molecule has 27 heavy (non-hydrogen) atoms. The van der Waals surface area contributed by atoms with Crippen LogP contribution in [0.4, 0.5) is 0 Å². The van der Waals surface area contributed by atoms with E-state index < -0.39 is 0 Å².